The summed E-state index contributed by atoms with van der Waals surface area (Å²) in [6.07, 6.45) is 7.91. The second-order valence-corrected chi connectivity index (χ2v) is 4.04. The Morgan fingerprint density at radius 1 is 1.17 bits per heavy atom. The van der Waals surface area contributed by atoms with Gasteiger partial charge in [-0.05, 0) is 31.1 Å². The maximum atomic E-state index is 5.87. The summed E-state index contributed by atoms with van der Waals surface area (Å²) in [5, 5.41) is 0. The zero-order valence-corrected chi connectivity index (χ0v) is 9.12. The molecule has 0 unspecified atom stereocenters. The molecular formula is C10H22ClN. The van der Waals surface area contributed by atoms with Crippen LogP contribution in [0.2, 0.25) is 0 Å². The van der Waals surface area contributed by atoms with Crippen molar-refractivity contribution in [2.24, 2.45) is 11.1 Å². The standard InChI is InChI=1S/C10H21N.ClH/c1-3-10(4-2)7-5-9(11)6-8-10;/h9H,3-8,11H2,1-2H3;1H. The molecule has 1 rings (SSSR count). The smallest absolute Gasteiger partial charge is 0.00392 e. The Labute approximate surface area is 82.5 Å². The third-order valence-corrected chi connectivity index (χ3v) is 3.59. The number of nitrogens with two attached hydrogens (primary N) is 1. The normalized spacial score (nSPS) is 23.2. The van der Waals surface area contributed by atoms with E-state index >= 15 is 0 Å². The fourth-order valence-electron chi connectivity index (χ4n) is 2.21. The third kappa shape index (κ3) is 2.63. The molecule has 0 bridgehead atoms. The number of halogens is 1. The van der Waals surface area contributed by atoms with E-state index in [0.717, 1.165) is 0 Å². The summed E-state index contributed by atoms with van der Waals surface area (Å²) in [5.41, 5.74) is 6.53. The summed E-state index contributed by atoms with van der Waals surface area (Å²) in [5.74, 6) is 0. The van der Waals surface area contributed by atoms with Gasteiger partial charge in [0.05, 0.1) is 0 Å². The fraction of sp³-hybridized carbons (Fsp3) is 1.00. The van der Waals surface area contributed by atoms with Crippen LogP contribution in [0.25, 0.3) is 0 Å². The van der Waals surface area contributed by atoms with Crippen molar-refractivity contribution in [3.63, 3.8) is 0 Å². The second kappa shape index (κ2) is 5.08. The molecule has 0 aromatic rings. The van der Waals surface area contributed by atoms with E-state index in [1.54, 1.807) is 0 Å². The third-order valence-electron chi connectivity index (χ3n) is 3.59. The number of hydrogen-bond donors (Lipinski definition) is 1. The highest BCUT2D eigenvalue weighted by atomic mass is 35.5. The average molecular weight is 192 g/mol. The van der Waals surface area contributed by atoms with Crippen molar-refractivity contribution in [3.05, 3.63) is 0 Å². The topological polar surface area (TPSA) is 26.0 Å². The zero-order chi connectivity index (χ0) is 8.32. The minimum absolute atomic E-state index is 0. The molecule has 0 saturated heterocycles. The first-order valence-corrected chi connectivity index (χ1v) is 4.98. The lowest BCUT2D eigenvalue weighted by atomic mass is 9.69. The van der Waals surface area contributed by atoms with E-state index in [0.29, 0.717) is 11.5 Å². The van der Waals surface area contributed by atoms with Gasteiger partial charge in [-0.25, -0.2) is 0 Å². The molecule has 0 radical (unpaired) electrons. The average Bonchev–Trinajstić information content (AvgIpc) is 2.07. The van der Waals surface area contributed by atoms with Crippen molar-refractivity contribution < 1.29 is 0 Å². The maximum absolute atomic E-state index is 5.87. The van der Waals surface area contributed by atoms with E-state index < -0.39 is 0 Å². The monoisotopic (exact) mass is 191 g/mol. The molecule has 0 aliphatic heterocycles. The van der Waals surface area contributed by atoms with Crippen LogP contribution in [0.5, 0.6) is 0 Å². The van der Waals surface area contributed by atoms with Crippen LogP contribution in [-0.2, 0) is 0 Å². The van der Waals surface area contributed by atoms with Crippen molar-refractivity contribution >= 4 is 12.4 Å². The molecule has 1 saturated carbocycles. The molecule has 0 aromatic heterocycles. The number of rotatable bonds is 2. The van der Waals surface area contributed by atoms with Crippen molar-refractivity contribution in [1.29, 1.82) is 0 Å². The van der Waals surface area contributed by atoms with Crippen LogP contribution in [0.1, 0.15) is 52.4 Å². The quantitative estimate of drug-likeness (QED) is 0.713. The Hall–Kier alpha value is 0.250. The van der Waals surface area contributed by atoms with Gasteiger partial charge in [-0.15, -0.1) is 12.4 Å². The lowest BCUT2D eigenvalue weighted by Gasteiger charge is -2.38. The van der Waals surface area contributed by atoms with Crippen LogP contribution in [0.15, 0.2) is 0 Å². The first kappa shape index (κ1) is 12.2. The molecule has 1 aliphatic rings. The summed E-state index contributed by atoms with van der Waals surface area (Å²) in [6, 6.07) is 0.501. The fourth-order valence-corrected chi connectivity index (χ4v) is 2.21. The van der Waals surface area contributed by atoms with Gasteiger partial charge in [0, 0.05) is 6.04 Å². The van der Waals surface area contributed by atoms with Gasteiger partial charge < -0.3 is 5.73 Å². The van der Waals surface area contributed by atoms with Gasteiger partial charge in [-0.3, -0.25) is 0 Å². The van der Waals surface area contributed by atoms with Gasteiger partial charge >= 0.3 is 0 Å². The summed E-state index contributed by atoms with van der Waals surface area (Å²) >= 11 is 0. The molecule has 0 amide bonds. The largest absolute Gasteiger partial charge is 0.328 e. The predicted octanol–water partition coefficient (Wildman–Crippen LogP) is 3.12. The first-order chi connectivity index (χ1) is 5.22. The van der Waals surface area contributed by atoms with Crippen molar-refractivity contribution in [2.75, 3.05) is 0 Å². The van der Waals surface area contributed by atoms with Gasteiger partial charge in [-0.1, -0.05) is 26.7 Å². The summed E-state index contributed by atoms with van der Waals surface area (Å²) in [4.78, 5) is 0. The Morgan fingerprint density at radius 3 is 1.92 bits per heavy atom. The van der Waals surface area contributed by atoms with E-state index in [4.69, 9.17) is 5.73 Å². The van der Waals surface area contributed by atoms with Crippen molar-refractivity contribution in [2.45, 2.75) is 58.4 Å². The molecule has 0 heterocycles. The van der Waals surface area contributed by atoms with Crippen LogP contribution in [0, 0.1) is 5.41 Å². The van der Waals surface area contributed by atoms with Crippen LogP contribution in [-0.4, -0.2) is 6.04 Å². The van der Waals surface area contributed by atoms with E-state index in [1.165, 1.54) is 38.5 Å². The predicted molar refractivity (Wildman–Crippen MR) is 56.7 cm³/mol. The molecule has 2 heteroatoms. The van der Waals surface area contributed by atoms with Crippen LogP contribution in [0.4, 0.5) is 0 Å². The Balaban J connectivity index is 0.00000121. The van der Waals surface area contributed by atoms with Crippen LogP contribution >= 0.6 is 12.4 Å². The highest BCUT2D eigenvalue weighted by molar-refractivity contribution is 5.85. The zero-order valence-electron chi connectivity index (χ0n) is 8.31. The maximum Gasteiger partial charge on any atom is 0.00392 e. The Bertz CT molecular complexity index is 111. The highest BCUT2D eigenvalue weighted by Crippen LogP contribution is 2.41. The molecule has 12 heavy (non-hydrogen) atoms. The van der Waals surface area contributed by atoms with E-state index in [2.05, 4.69) is 13.8 Å². The van der Waals surface area contributed by atoms with Gasteiger partial charge in [0.1, 0.15) is 0 Å². The minimum atomic E-state index is 0. The Morgan fingerprint density at radius 2 is 1.58 bits per heavy atom. The van der Waals surface area contributed by atoms with Gasteiger partial charge in [-0.2, -0.15) is 0 Å². The van der Waals surface area contributed by atoms with Crippen molar-refractivity contribution in [1.82, 2.24) is 0 Å². The van der Waals surface area contributed by atoms with Crippen molar-refractivity contribution in [3.8, 4) is 0 Å². The summed E-state index contributed by atoms with van der Waals surface area (Å²) in [6.45, 7) is 4.64. The van der Waals surface area contributed by atoms with Crippen LogP contribution < -0.4 is 5.73 Å². The molecule has 1 fully saturated rings. The molecule has 1 nitrogen and oxygen atoms in total. The van der Waals surface area contributed by atoms with Gasteiger partial charge in [0.2, 0.25) is 0 Å². The second-order valence-electron chi connectivity index (χ2n) is 4.04. The lowest BCUT2D eigenvalue weighted by molar-refractivity contribution is 0.160. The first-order valence-electron chi connectivity index (χ1n) is 4.98. The highest BCUT2D eigenvalue weighted by Gasteiger charge is 2.30. The van der Waals surface area contributed by atoms with Gasteiger partial charge in [0.15, 0.2) is 0 Å². The number of hydrogen-bond acceptors (Lipinski definition) is 1. The molecular weight excluding hydrogens is 170 g/mol. The molecule has 0 atom stereocenters. The molecule has 74 valence electrons. The molecule has 0 aromatic carbocycles. The molecule has 0 spiro atoms. The SMILES string of the molecule is CCC1(CC)CCC(N)CC1.Cl. The van der Waals surface area contributed by atoms with E-state index in [-0.39, 0.29) is 12.4 Å². The van der Waals surface area contributed by atoms with E-state index in [1.807, 2.05) is 0 Å². The van der Waals surface area contributed by atoms with E-state index in [9.17, 15) is 0 Å². The molecule has 2 N–H and O–H groups in total. The summed E-state index contributed by atoms with van der Waals surface area (Å²) < 4.78 is 0. The minimum Gasteiger partial charge on any atom is -0.328 e. The Kier molecular flexibility index (Phi) is 5.19. The van der Waals surface area contributed by atoms with Gasteiger partial charge in [0.25, 0.3) is 0 Å². The summed E-state index contributed by atoms with van der Waals surface area (Å²) in [7, 11) is 0. The molecule has 1 aliphatic carbocycles. The van der Waals surface area contributed by atoms with Crippen LogP contribution in [0.3, 0.4) is 0 Å². The lowest BCUT2D eigenvalue weighted by Crippen LogP contribution is -2.33.